The van der Waals surface area contributed by atoms with Gasteiger partial charge in [-0.2, -0.15) is 0 Å². The first-order valence-electron chi connectivity index (χ1n) is 13.3. The molecule has 0 amide bonds. The Hall–Kier alpha value is -3.24. The normalized spacial score (nSPS) is 22.5. The molecule has 1 aliphatic heterocycles. The summed E-state index contributed by atoms with van der Waals surface area (Å²) in [5, 5.41) is 4.62. The first-order valence-corrected chi connectivity index (χ1v) is 15.0. The van der Waals surface area contributed by atoms with Gasteiger partial charge in [-0.3, -0.25) is 0 Å². The number of carbonyl (C=O) groups is 1. The van der Waals surface area contributed by atoms with Crippen LogP contribution in [0.25, 0.3) is 10.8 Å². The molecule has 0 saturated heterocycles. The molecule has 2 aromatic heterocycles. The predicted octanol–water partition coefficient (Wildman–Crippen LogP) is 4.96. The van der Waals surface area contributed by atoms with E-state index in [9.17, 15) is 13.2 Å². The lowest BCUT2D eigenvalue weighted by atomic mass is 9.84. The third-order valence-electron chi connectivity index (χ3n) is 8.02. The van der Waals surface area contributed by atoms with Crippen molar-refractivity contribution in [3.05, 3.63) is 53.3 Å². The van der Waals surface area contributed by atoms with Gasteiger partial charge in [0.1, 0.15) is 29.1 Å². The number of fused-ring (bicyclic) bond motifs is 2. The monoisotopic (exact) mass is 552 g/mol. The van der Waals surface area contributed by atoms with Crippen molar-refractivity contribution in [2.45, 2.75) is 82.8 Å². The Morgan fingerprint density at radius 1 is 1.15 bits per heavy atom. The van der Waals surface area contributed by atoms with Crippen molar-refractivity contribution >= 4 is 38.2 Å². The molecule has 2 aliphatic rings. The van der Waals surface area contributed by atoms with E-state index in [1.807, 2.05) is 52.8 Å². The van der Waals surface area contributed by atoms with E-state index in [4.69, 9.17) is 20.2 Å². The first-order chi connectivity index (χ1) is 18.2. The average Bonchev–Trinajstić information content (AvgIpc) is 2.83. The number of benzene rings is 1. The van der Waals surface area contributed by atoms with Gasteiger partial charge in [-0.05, 0) is 62.9 Å². The lowest BCUT2D eigenvalue weighted by Gasteiger charge is -2.36. The van der Waals surface area contributed by atoms with Gasteiger partial charge in [0.2, 0.25) is 0 Å². The molecule has 3 aromatic rings. The summed E-state index contributed by atoms with van der Waals surface area (Å²) in [6, 6.07) is 9.22. The number of hydrogen-bond donors (Lipinski definition) is 2. The molecule has 0 spiro atoms. The number of hydrogen-bond acceptors (Lipinski definition) is 9. The molecule has 10 heteroatoms. The van der Waals surface area contributed by atoms with Crippen molar-refractivity contribution in [1.29, 1.82) is 0 Å². The van der Waals surface area contributed by atoms with Gasteiger partial charge >= 0.3 is 5.97 Å². The van der Waals surface area contributed by atoms with Gasteiger partial charge < -0.3 is 20.5 Å². The number of esters is 1. The standard InChI is InChI=1S/C29H36N4O5S/c1-7-39(35,36)18-12-17(13-18)37-23-10-9-22(28(3,4)30)20-14-25(31-15-21(20)23)32-24-11-8-19-26(33-24)16(2)29(5,6)38-27(19)34/h8-11,14-18H,7,12-13,30H2,1-6H3,(H,31,32,33)/t16-,17?,18?/m1/s1. The molecular weight excluding hydrogens is 516 g/mol. The maximum absolute atomic E-state index is 12.5. The summed E-state index contributed by atoms with van der Waals surface area (Å²) < 4.78 is 36.1. The minimum atomic E-state index is -3.06. The van der Waals surface area contributed by atoms with Crippen molar-refractivity contribution < 1.29 is 22.7 Å². The van der Waals surface area contributed by atoms with Crippen LogP contribution in [-0.2, 0) is 20.1 Å². The Bertz CT molecular complexity index is 1560. The van der Waals surface area contributed by atoms with Crippen molar-refractivity contribution in [1.82, 2.24) is 9.97 Å². The molecule has 9 nitrogen and oxygen atoms in total. The van der Waals surface area contributed by atoms with E-state index in [1.165, 1.54) is 0 Å². The molecular formula is C29H36N4O5S. The predicted molar refractivity (Wildman–Crippen MR) is 151 cm³/mol. The summed E-state index contributed by atoms with van der Waals surface area (Å²) in [5.41, 5.74) is 7.32. The van der Waals surface area contributed by atoms with Crippen LogP contribution in [0, 0.1) is 0 Å². The SMILES string of the molecule is CCS(=O)(=O)C1CC(Oc2ccc(C(C)(C)N)c3cc(Nc4ccc5c(n4)[C@@H](C)C(C)(C)OC5=O)ncc23)C1. The van der Waals surface area contributed by atoms with Crippen LogP contribution in [0.4, 0.5) is 11.6 Å². The highest BCUT2D eigenvalue weighted by Crippen LogP contribution is 2.40. The van der Waals surface area contributed by atoms with Crippen molar-refractivity contribution in [3.8, 4) is 5.75 Å². The van der Waals surface area contributed by atoms with E-state index in [-0.39, 0.29) is 29.0 Å². The second-order valence-electron chi connectivity index (χ2n) is 11.7. The van der Waals surface area contributed by atoms with Gasteiger partial charge in [0, 0.05) is 41.6 Å². The highest BCUT2D eigenvalue weighted by Gasteiger charge is 2.41. The quantitative estimate of drug-likeness (QED) is 0.390. The first kappa shape index (κ1) is 27.3. The highest BCUT2D eigenvalue weighted by atomic mass is 32.2. The molecule has 1 aromatic carbocycles. The third-order valence-corrected chi connectivity index (χ3v) is 10.2. The van der Waals surface area contributed by atoms with Crippen molar-refractivity contribution in [3.63, 3.8) is 0 Å². The number of nitrogens with two attached hydrogens (primary N) is 1. The number of nitrogens with zero attached hydrogens (tertiary/aromatic N) is 2. The number of nitrogens with one attached hydrogen (secondary N) is 1. The van der Waals surface area contributed by atoms with Gasteiger partial charge in [-0.25, -0.2) is 23.2 Å². The molecule has 3 heterocycles. The summed E-state index contributed by atoms with van der Waals surface area (Å²) in [6.45, 7) is 11.3. The number of aromatic nitrogens is 2. The van der Waals surface area contributed by atoms with Crippen LogP contribution in [0.15, 0.2) is 36.5 Å². The number of sulfone groups is 1. The van der Waals surface area contributed by atoms with Gasteiger partial charge in [0.15, 0.2) is 9.84 Å². The Labute approximate surface area is 229 Å². The average molecular weight is 553 g/mol. The summed E-state index contributed by atoms with van der Waals surface area (Å²) in [5.74, 6) is 1.48. The molecule has 0 unspecified atom stereocenters. The largest absolute Gasteiger partial charge is 0.490 e. The molecule has 0 radical (unpaired) electrons. The maximum atomic E-state index is 12.5. The summed E-state index contributed by atoms with van der Waals surface area (Å²) in [6.07, 6.45) is 2.55. The lowest BCUT2D eigenvalue weighted by Crippen LogP contribution is -2.43. The number of rotatable bonds is 7. The Balaban J connectivity index is 1.46. The third kappa shape index (κ3) is 5.07. The lowest BCUT2D eigenvalue weighted by molar-refractivity contribution is -0.0189. The fourth-order valence-electron chi connectivity index (χ4n) is 5.16. The summed E-state index contributed by atoms with van der Waals surface area (Å²) >= 11 is 0. The fourth-order valence-corrected chi connectivity index (χ4v) is 6.65. The summed E-state index contributed by atoms with van der Waals surface area (Å²) in [7, 11) is -3.06. The molecule has 3 N–H and O–H groups in total. The zero-order chi connectivity index (χ0) is 28.3. The molecule has 1 saturated carbocycles. The number of cyclic esters (lactones) is 1. The van der Waals surface area contributed by atoms with Gasteiger partial charge in [0.05, 0.1) is 16.5 Å². The fraction of sp³-hybridized carbons (Fsp3) is 0.483. The summed E-state index contributed by atoms with van der Waals surface area (Å²) in [4.78, 5) is 21.8. The van der Waals surface area contributed by atoms with E-state index < -0.39 is 21.0 Å². The zero-order valence-corrected chi connectivity index (χ0v) is 24.1. The number of anilines is 2. The van der Waals surface area contributed by atoms with Crippen LogP contribution in [0.2, 0.25) is 0 Å². The van der Waals surface area contributed by atoms with E-state index in [1.54, 1.807) is 25.3 Å². The number of ether oxygens (including phenoxy) is 2. The van der Waals surface area contributed by atoms with E-state index in [0.717, 1.165) is 16.3 Å². The van der Waals surface area contributed by atoms with Crippen molar-refractivity contribution in [2.75, 3.05) is 11.1 Å². The van der Waals surface area contributed by atoms with E-state index >= 15 is 0 Å². The zero-order valence-electron chi connectivity index (χ0n) is 23.2. The molecule has 1 fully saturated rings. The van der Waals surface area contributed by atoms with E-state index in [0.29, 0.717) is 41.5 Å². The minimum Gasteiger partial charge on any atom is -0.490 e. The van der Waals surface area contributed by atoms with Crippen LogP contribution in [0.1, 0.15) is 81.9 Å². The van der Waals surface area contributed by atoms with Gasteiger partial charge in [0.25, 0.3) is 0 Å². The Morgan fingerprint density at radius 2 is 1.87 bits per heavy atom. The molecule has 208 valence electrons. The Morgan fingerprint density at radius 3 is 2.54 bits per heavy atom. The highest BCUT2D eigenvalue weighted by molar-refractivity contribution is 7.92. The molecule has 0 bridgehead atoms. The number of carbonyl (C=O) groups excluding carboxylic acids is 1. The second-order valence-corrected chi connectivity index (χ2v) is 14.3. The van der Waals surface area contributed by atoms with Crippen LogP contribution < -0.4 is 15.8 Å². The van der Waals surface area contributed by atoms with Crippen LogP contribution in [-0.4, -0.2) is 47.1 Å². The van der Waals surface area contributed by atoms with Crippen LogP contribution in [0.3, 0.4) is 0 Å². The van der Waals surface area contributed by atoms with Crippen LogP contribution in [0.5, 0.6) is 5.75 Å². The van der Waals surface area contributed by atoms with Gasteiger partial charge in [-0.1, -0.05) is 19.9 Å². The van der Waals surface area contributed by atoms with E-state index in [2.05, 4.69) is 10.3 Å². The number of pyridine rings is 2. The molecule has 5 rings (SSSR count). The smallest absolute Gasteiger partial charge is 0.340 e. The molecule has 1 atom stereocenters. The molecule has 1 aliphatic carbocycles. The Kier molecular flexibility index (Phi) is 6.62. The topological polar surface area (TPSA) is 134 Å². The van der Waals surface area contributed by atoms with Crippen molar-refractivity contribution in [2.24, 2.45) is 5.73 Å². The minimum absolute atomic E-state index is 0.0840. The van der Waals surface area contributed by atoms with Crippen LogP contribution >= 0.6 is 0 Å². The maximum Gasteiger partial charge on any atom is 0.340 e. The van der Waals surface area contributed by atoms with Gasteiger partial charge in [-0.15, -0.1) is 0 Å². The molecule has 39 heavy (non-hydrogen) atoms. The second kappa shape index (κ2) is 9.45.